The first-order chi connectivity index (χ1) is 17.3. The summed E-state index contributed by atoms with van der Waals surface area (Å²) in [5.74, 6) is -1.05. The minimum atomic E-state index is -0.617. The number of amides is 3. The number of benzene rings is 2. The second kappa shape index (κ2) is 11.8. The van der Waals surface area contributed by atoms with Gasteiger partial charge in [-0.3, -0.25) is 9.59 Å². The number of rotatable bonds is 5. The van der Waals surface area contributed by atoms with Crippen molar-refractivity contribution in [2.75, 3.05) is 10.6 Å². The standard InChI is InChI=1S/C26H25Cl2N3O4S/c1-16(32)35-31(18-11-6-3-7-12-18)25(33)24-21(15-22(36-24)17-9-4-2-5-10-17)29-26(34)30-23-19(27)13-8-14-20(23)28/h2,4-5,8-10,13-15,18H,3,6-7,11-12H2,1H3,(H2,29,30,34). The van der Waals surface area contributed by atoms with Crippen molar-refractivity contribution in [2.24, 2.45) is 0 Å². The van der Waals surface area contributed by atoms with Gasteiger partial charge < -0.3 is 15.5 Å². The number of hydrogen-bond donors (Lipinski definition) is 2. The second-order valence-corrected chi connectivity index (χ2v) is 10.3. The molecule has 1 heterocycles. The first-order valence-corrected chi connectivity index (χ1v) is 13.1. The average Bonchev–Trinajstić information content (AvgIpc) is 3.29. The molecule has 1 fully saturated rings. The molecule has 1 saturated carbocycles. The number of hydroxylamine groups is 2. The molecule has 0 saturated heterocycles. The third-order valence-corrected chi connectivity index (χ3v) is 7.57. The summed E-state index contributed by atoms with van der Waals surface area (Å²) in [5, 5.41) is 7.14. The maximum atomic E-state index is 13.7. The maximum absolute atomic E-state index is 13.7. The van der Waals surface area contributed by atoms with E-state index in [1.165, 1.54) is 23.3 Å². The third kappa shape index (κ3) is 6.19. The lowest BCUT2D eigenvalue weighted by molar-refractivity contribution is -0.185. The van der Waals surface area contributed by atoms with Gasteiger partial charge in [0.05, 0.1) is 27.5 Å². The molecule has 2 N–H and O–H groups in total. The minimum absolute atomic E-state index is 0.221. The molecular formula is C26H25Cl2N3O4S. The van der Waals surface area contributed by atoms with Crippen LogP contribution in [-0.2, 0) is 9.63 Å². The lowest BCUT2D eigenvalue weighted by Gasteiger charge is -2.31. The Morgan fingerprint density at radius 1 is 0.944 bits per heavy atom. The van der Waals surface area contributed by atoms with Crippen molar-refractivity contribution in [2.45, 2.75) is 45.1 Å². The Balaban J connectivity index is 1.67. The van der Waals surface area contributed by atoms with Crippen LogP contribution in [0.25, 0.3) is 10.4 Å². The van der Waals surface area contributed by atoms with E-state index in [2.05, 4.69) is 10.6 Å². The van der Waals surface area contributed by atoms with Gasteiger partial charge in [0.15, 0.2) is 0 Å². The zero-order chi connectivity index (χ0) is 25.7. The molecule has 3 amide bonds. The molecule has 188 valence electrons. The van der Waals surface area contributed by atoms with Crippen LogP contribution in [0.4, 0.5) is 16.2 Å². The van der Waals surface area contributed by atoms with Crippen molar-refractivity contribution in [1.29, 1.82) is 0 Å². The van der Waals surface area contributed by atoms with E-state index in [0.717, 1.165) is 42.5 Å². The SMILES string of the molecule is CC(=O)ON(C(=O)c1sc(-c2ccccc2)cc1NC(=O)Nc1c(Cl)cccc1Cl)C1CCCCC1. The van der Waals surface area contributed by atoms with Crippen molar-refractivity contribution in [1.82, 2.24) is 5.06 Å². The molecule has 2 aromatic carbocycles. The lowest BCUT2D eigenvalue weighted by Crippen LogP contribution is -2.42. The van der Waals surface area contributed by atoms with Crippen LogP contribution in [0.5, 0.6) is 0 Å². The van der Waals surface area contributed by atoms with E-state index in [9.17, 15) is 14.4 Å². The smallest absolute Gasteiger partial charge is 0.329 e. The summed E-state index contributed by atoms with van der Waals surface area (Å²) < 4.78 is 0. The van der Waals surface area contributed by atoms with Crippen molar-refractivity contribution in [3.8, 4) is 10.4 Å². The summed E-state index contributed by atoms with van der Waals surface area (Å²) in [6.45, 7) is 1.27. The number of carbonyl (C=O) groups excluding carboxylic acids is 3. The van der Waals surface area contributed by atoms with Crippen LogP contribution in [-0.4, -0.2) is 29.0 Å². The molecular weight excluding hydrogens is 521 g/mol. The Morgan fingerprint density at radius 3 is 2.25 bits per heavy atom. The molecule has 1 aliphatic rings. The van der Waals surface area contributed by atoms with E-state index in [1.807, 2.05) is 30.3 Å². The minimum Gasteiger partial charge on any atom is -0.338 e. The van der Waals surface area contributed by atoms with Gasteiger partial charge in [0.25, 0.3) is 5.91 Å². The lowest BCUT2D eigenvalue weighted by atomic mass is 9.95. The van der Waals surface area contributed by atoms with E-state index in [4.69, 9.17) is 28.0 Å². The molecule has 0 unspecified atom stereocenters. The van der Waals surface area contributed by atoms with Crippen LogP contribution in [0.1, 0.15) is 48.7 Å². The van der Waals surface area contributed by atoms with Crippen LogP contribution in [0.2, 0.25) is 10.0 Å². The van der Waals surface area contributed by atoms with Gasteiger partial charge >= 0.3 is 12.0 Å². The Bertz CT molecular complexity index is 1240. The first kappa shape index (κ1) is 26.0. The Morgan fingerprint density at radius 2 is 1.61 bits per heavy atom. The number of halogens is 2. The molecule has 1 aliphatic carbocycles. The highest BCUT2D eigenvalue weighted by molar-refractivity contribution is 7.18. The van der Waals surface area contributed by atoms with Gasteiger partial charge in [-0.1, -0.05) is 78.9 Å². The summed E-state index contributed by atoms with van der Waals surface area (Å²) >= 11 is 13.6. The van der Waals surface area contributed by atoms with Gasteiger partial charge in [0, 0.05) is 11.8 Å². The molecule has 3 aromatic rings. The summed E-state index contributed by atoms with van der Waals surface area (Å²) in [6, 6.07) is 15.3. The molecule has 0 atom stereocenters. The molecule has 0 bridgehead atoms. The van der Waals surface area contributed by atoms with E-state index in [-0.39, 0.29) is 32.3 Å². The highest BCUT2D eigenvalue weighted by atomic mass is 35.5. The zero-order valence-corrected chi connectivity index (χ0v) is 21.9. The zero-order valence-electron chi connectivity index (χ0n) is 19.6. The predicted octanol–water partition coefficient (Wildman–Crippen LogP) is 7.62. The van der Waals surface area contributed by atoms with Crippen molar-refractivity contribution in [3.63, 3.8) is 0 Å². The van der Waals surface area contributed by atoms with Gasteiger partial charge in [-0.25, -0.2) is 4.79 Å². The summed E-state index contributed by atoms with van der Waals surface area (Å²) in [6.07, 6.45) is 4.45. The van der Waals surface area contributed by atoms with Crippen LogP contribution >= 0.6 is 34.5 Å². The van der Waals surface area contributed by atoms with E-state index >= 15 is 0 Å². The fourth-order valence-corrected chi connectivity index (χ4v) is 5.65. The van der Waals surface area contributed by atoms with Crippen LogP contribution in [0, 0.1) is 0 Å². The van der Waals surface area contributed by atoms with Gasteiger partial charge in [0.1, 0.15) is 4.88 Å². The predicted molar refractivity (Wildman–Crippen MR) is 144 cm³/mol. The summed E-state index contributed by atoms with van der Waals surface area (Å²) in [7, 11) is 0. The quantitative estimate of drug-likeness (QED) is 0.322. The summed E-state index contributed by atoms with van der Waals surface area (Å²) in [4.78, 5) is 44.9. The van der Waals surface area contributed by atoms with Gasteiger partial charge in [-0.2, -0.15) is 5.06 Å². The van der Waals surface area contributed by atoms with E-state index in [1.54, 1.807) is 24.3 Å². The highest BCUT2D eigenvalue weighted by Gasteiger charge is 2.32. The average molecular weight is 546 g/mol. The molecule has 36 heavy (non-hydrogen) atoms. The van der Waals surface area contributed by atoms with Crippen LogP contribution in [0.15, 0.2) is 54.6 Å². The molecule has 4 rings (SSSR count). The largest absolute Gasteiger partial charge is 0.338 e. The number of carbonyl (C=O) groups is 3. The Kier molecular flexibility index (Phi) is 8.51. The number of anilines is 2. The molecule has 1 aromatic heterocycles. The van der Waals surface area contributed by atoms with Crippen LogP contribution < -0.4 is 10.6 Å². The number of nitrogens with zero attached hydrogens (tertiary/aromatic N) is 1. The second-order valence-electron chi connectivity index (χ2n) is 8.40. The fraction of sp³-hybridized carbons (Fsp3) is 0.269. The highest BCUT2D eigenvalue weighted by Crippen LogP contribution is 2.37. The molecule has 10 heteroatoms. The monoisotopic (exact) mass is 545 g/mol. The number of thiophene rings is 1. The third-order valence-electron chi connectivity index (χ3n) is 5.77. The Hall–Kier alpha value is -3.07. The fourth-order valence-electron chi connectivity index (χ4n) is 4.11. The number of nitrogens with one attached hydrogen (secondary N) is 2. The number of urea groups is 1. The van der Waals surface area contributed by atoms with Gasteiger partial charge in [-0.05, 0) is 36.6 Å². The van der Waals surface area contributed by atoms with E-state index in [0.29, 0.717) is 0 Å². The van der Waals surface area contributed by atoms with Gasteiger partial charge in [-0.15, -0.1) is 11.3 Å². The topological polar surface area (TPSA) is 87.7 Å². The normalized spacial score (nSPS) is 13.6. The number of para-hydroxylation sites is 1. The van der Waals surface area contributed by atoms with Crippen LogP contribution in [0.3, 0.4) is 0 Å². The molecule has 0 aliphatic heterocycles. The molecule has 0 spiro atoms. The number of hydrogen-bond acceptors (Lipinski definition) is 5. The molecule has 7 nitrogen and oxygen atoms in total. The van der Waals surface area contributed by atoms with Crippen molar-refractivity contribution in [3.05, 3.63) is 69.5 Å². The Labute approximate surface area is 223 Å². The first-order valence-electron chi connectivity index (χ1n) is 11.6. The molecule has 0 radical (unpaired) electrons. The van der Waals surface area contributed by atoms with Gasteiger partial charge in [0.2, 0.25) is 0 Å². The summed E-state index contributed by atoms with van der Waals surface area (Å²) in [5.41, 5.74) is 1.43. The van der Waals surface area contributed by atoms with Crippen molar-refractivity contribution >= 4 is 63.8 Å². The van der Waals surface area contributed by atoms with E-state index < -0.39 is 17.9 Å². The maximum Gasteiger partial charge on any atom is 0.329 e. The van der Waals surface area contributed by atoms with Crippen molar-refractivity contribution < 1.29 is 19.2 Å².